The summed E-state index contributed by atoms with van der Waals surface area (Å²) in [6.07, 6.45) is 15.1. The molecule has 0 spiro atoms. The lowest BCUT2D eigenvalue weighted by Gasteiger charge is -2.34. The molecule has 0 bridgehead atoms. The van der Waals surface area contributed by atoms with Crippen molar-refractivity contribution < 1.29 is 9.47 Å². The molecule has 1 aliphatic rings. The highest BCUT2D eigenvalue weighted by molar-refractivity contribution is 9.10. The van der Waals surface area contributed by atoms with Crippen molar-refractivity contribution in [2.24, 2.45) is 0 Å². The van der Waals surface area contributed by atoms with Crippen LogP contribution in [-0.4, -0.2) is 13.2 Å². The Morgan fingerprint density at radius 2 is 0.851 bits per heavy atom. The third kappa shape index (κ3) is 7.30. The standard InChI is InChI=1S/C43H48Br2O2/c1-3-5-7-9-11-13-25-46-37-21-17-33(18-22-37)43(34-19-23-38(24-20-34)47-26-14-12-10-8-6-4-2)39-29-35(44)27-31-15-16-32-28-36(45)30-40(43)42(32)41(31)39/h15-24,27-30H,3-14,25-26H2,1-2H3. The number of halogens is 2. The number of ether oxygens (including phenoxy) is 2. The third-order valence-corrected chi connectivity index (χ3v) is 10.8. The predicted octanol–water partition coefficient (Wildman–Crippen LogP) is 13.7. The van der Waals surface area contributed by atoms with Crippen LogP contribution in [0, 0.1) is 0 Å². The molecule has 0 radical (unpaired) electrons. The van der Waals surface area contributed by atoms with Crippen LogP contribution in [-0.2, 0) is 5.41 Å². The molecule has 4 heteroatoms. The molecule has 0 heterocycles. The average Bonchev–Trinajstić information content (AvgIpc) is 3.37. The first-order chi connectivity index (χ1) is 23.1. The summed E-state index contributed by atoms with van der Waals surface area (Å²) < 4.78 is 14.7. The van der Waals surface area contributed by atoms with E-state index in [4.69, 9.17) is 9.47 Å². The Kier molecular flexibility index (Phi) is 11.6. The van der Waals surface area contributed by atoms with Crippen LogP contribution in [0.3, 0.4) is 0 Å². The zero-order valence-corrected chi connectivity index (χ0v) is 31.2. The molecule has 0 aromatic heterocycles. The molecule has 0 aliphatic heterocycles. The molecule has 6 rings (SSSR count). The highest BCUT2D eigenvalue weighted by Gasteiger charge is 2.45. The monoisotopic (exact) mass is 754 g/mol. The minimum atomic E-state index is -0.497. The molecule has 0 N–H and O–H groups in total. The van der Waals surface area contributed by atoms with E-state index in [1.54, 1.807) is 0 Å². The van der Waals surface area contributed by atoms with Gasteiger partial charge in [0.2, 0.25) is 0 Å². The minimum Gasteiger partial charge on any atom is -0.494 e. The second-order valence-electron chi connectivity index (χ2n) is 13.2. The van der Waals surface area contributed by atoms with Crippen LogP contribution < -0.4 is 9.47 Å². The Hall–Kier alpha value is -2.82. The van der Waals surface area contributed by atoms with Crippen molar-refractivity contribution in [1.82, 2.24) is 0 Å². The van der Waals surface area contributed by atoms with E-state index in [1.807, 2.05) is 0 Å². The molecule has 0 saturated heterocycles. The van der Waals surface area contributed by atoms with Gasteiger partial charge < -0.3 is 9.47 Å². The molecule has 2 nitrogen and oxygen atoms in total. The molecule has 5 aromatic rings. The molecule has 0 saturated carbocycles. The molecule has 246 valence electrons. The molecule has 1 aliphatic carbocycles. The van der Waals surface area contributed by atoms with Gasteiger partial charge in [0.25, 0.3) is 0 Å². The fourth-order valence-corrected chi connectivity index (χ4v) is 8.48. The quantitative estimate of drug-likeness (QED) is 0.0642. The van der Waals surface area contributed by atoms with E-state index in [0.29, 0.717) is 0 Å². The van der Waals surface area contributed by atoms with Gasteiger partial charge in [0.1, 0.15) is 11.5 Å². The maximum absolute atomic E-state index is 6.24. The van der Waals surface area contributed by atoms with E-state index in [2.05, 4.69) is 131 Å². The van der Waals surface area contributed by atoms with Gasteiger partial charge in [-0.15, -0.1) is 0 Å². The van der Waals surface area contributed by atoms with Crippen molar-refractivity contribution in [3.63, 3.8) is 0 Å². The first-order valence-corrected chi connectivity index (χ1v) is 19.5. The van der Waals surface area contributed by atoms with E-state index in [9.17, 15) is 0 Å². The van der Waals surface area contributed by atoms with Gasteiger partial charge in [0, 0.05) is 8.95 Å². The van der Waals surface area contributed by atoms with Gasteiger partial charge in [-0.1, -0.05) is 146 Å². The minimum absolute atomic E-state index is 0.497. The van der Waals surface area contributed by atoms with Crippen molar-refractivity contribution >= 4 is 53.4 Å². The van der Waals surface area contributed by atoms with Crippen LogP contribution >= 0.6 is 31.9 Å². The van der Waals surface area contributed by atoms with Crippen molar-refractivity contribution in [2.75, 3.05) is 13.2 Å². The molecule has 5 aromatic carbocycles. The van der Waals surface area contributed by atoms with Crippen LogP contribution in [0.4, 0.5) is 0 Å². The van der Waals surface area contributed by atoms with Gasteiger partial charge in [-0.2, -0.15) is 0 Å². The van der Waals surface area contributed by atoms with Gasteiger partial charge in [0.05, 0.1) is 18.6 Å². The van der Waals surface area contributed by atoms with Gasteiger partial charge >= 0.3 is 0 Å². The second-order valence-corrected chi connectivity index (χ2v) is 15.0. The van der Waals surface area contributed by atoms with E-state index in [0.717, 1.165) is 46.5 Å². The lowest BCUT2D eigenvalue weighted by Crippen LogP contribution is -2.29. The van der Waals surface area contributed by atoms with Gasteiger partial charge in [-0.3, -0.25) is 0 Å². The third-order valence-electron chi connectivity index (χ3n) is 9.88. The Bertz CT molecular complexity index is 1640. The zero-order chi connectivity index (χ0) is 32.6. The first-order valence-electron chi connectivity index (χ1n) is 17.9. The lowest BCUT2D eigenvalue weighted by atomic mass is 9.67. The largest absolute Gasteiger partial charge is 0.494 e. The predicted molar refractivity (Wildman–Crippen MR) is 206 cm³/mol. The van der Waals surface area contributed by atoms with E-state index in [1.165, 1.54) is 108 Å². The number of hydrogen-bond acceptors (Lipinski definition) is 2. The SMILES string of the molecule is CCCCCCCCOc1ccc(C2(c3ccc(OCCCCCCCC)cc3)c3cc(Br)cc4ccc5cc(Br)cc2c5c34)cc1. The van der Waals surface area contributed by atoms with Crippen LogP contribution in [0.1, 0.15) is 113 Å². The van der Waals surface area contributed by atoms with Crippen LogP contribution in [0.25, 0.3) is 21.5 Å². The number of rotatable bonds is 18. The normalized spacial score (nSPS) is 13.2. The smallest absolute Gasteiger partial charge is 0.119 e. The van der Waals surface area contributed by atoms with Gasteiger partial charge in [0.15, 0.2) is 0 Å². The highest BCUT2D eigenvalue weighted by Crippen LogP contribution is 2.57. The summed E-state index contributed by atoms with van der Waals surface area (Å²) in [5.74, 6) is 1.87. The maximum atomic E-state index is 6.24. The summed E-state index contributed by atoms with van der Waals surface area (Å²) in [4.78, 5) is 0. The van der Waals surface area contributed by atoms with Gasteiger partial charge in [-0.05, 0) is 105 Å². The summed E-state index contributed by atoms with van der Waals surface area (Å²) in [6, 6.07) is 31.5. The topological polar surface area (TPSA) is 18.5 Å². The van der Waals surface area contributed by atoms with Crippen molar-refractivity contribution in [3.05, 3.63) is 116 Å². The molecular weight excluding hydrogens is 708 g/mol. The molecule has 0 fully saturated rings. The highest BCUT2D eigenvalue weighted by atomic mass is 79.9. The first kappa shape index (κ1) is 34.1. The summed E-state index contributed by atoms with van der Waals surface area (Å²) in [6.45, 7) is 6.06. The molecule has 47 heavy (non-hydrogen) atoms. The summed E-state index contributed by atoms with van der Waals surface area (Å²) >= 11 is 7.77. The van der Waals surface area contributed by atoms with Crippen molar-refractivity contribution in [2.45, 2.75) is 96.3 Å². The Morgan fingerprint density at radius 3 is 1.26 bits per heavy atom. The average molecular weight is 757 g/mol. The number of hydrogen-bond donors (Lipinski definition) is 0. The van der Waals surface area contributed by atoms with E-state index in [-0.39, 0.29) is 0 Å². The van der Waals surface area contributed by atoms with Crippen molar-refractivity contribution in [3.8, 4) is 11.5 Å². The Balaban J connectivity index is 1.34. The number of unbranched alkanes of at least 4 members (excludes halogenated alkanes) is 10. The maximum Gasteiger partial charge on any atom is 0.119 e. The zero-order valence-electron chi connectivity index (χ0n) is 28.1. The van der Waals surface area contributed by atoms with Crippen LogP contribution in [0.5, 0.6) is 11.5 Å². The Morgan fingerprint density at radius 1 is 0.468 bits per heavy atom. The van der Waals surface area contributed by atoms with E-state index < -0.39 is 5.41 Å². The Labute approximate surface area is 298 Å². The molecular formula is C43H48Br2O2. The molecule has 0 unspecified atom stereocenters. The summed E-state index contributed by atoms with van der Waals surface area (Å²) in [5, 5.41) is 5.18. The molecule has 0 amide bonds. The van der Waals surface area contributed by atoms with Crippen LogP contribution in [0.15, 0.2) is 93.9 Å². The van der Waals surface area contributed by atoms with Crippen molar-refractivity contribution in [1.29, 1.82) is 0 Å². The number of benzene rings is 5. The van der Waals surface area contributed by atoms with Crippen LogP contribution in [0.2, 0.25) is 0 Å². The summed E-state index contributed by atoms with van der Waals surface area (Å²) in [7, 11) is 0. The second kappa shape index (κ2) is 16.1. The van der Waals surface area contributed by atoms with E-state index >= 15 is 0 Å². The fourth-order valence-electron chi connectivity index (χ4n) is 7.53. The molecule has 0 atom stereocenters. The lowest BCUT2D eigenvalue weighted by molar-refractivity contribution is 0.304. The summed E-state index contributed by atoms with van der Waals surface area (Å²) in [5.41, 5.74) is 4.59. The van der Waals surface area contributed by atoms with Gasteiger partial charge in [-0.25, -0.2) is 0 Å². The fraction of sp³-hybridized carbons (Fsp3) is 0.395.